The lowest BCUT2D eigenvalue weighted by molar-refractivity contribution is -0.134. The largest absolute Gasteiger partial charge is 0.426 e. The second-order valence-electron chi connectivity index (χ2n) is 2.51. The van der Waals surface area contributed by atoms with Crippen LogP contribution in [0.4, 0.5) is 0 Å². The fourth-order valence-electron chi connectivity index (χ4n) is 0.802. The van der Waals surface area contributed by atoms with Crippen LogP contribution in [0.25, 0.3) is 0 Å². The number of hydrogen-bond donors (Lipinski definition) is 0. The van der Waals surface area contributed by atoms with Crippen LogP contribution in [0.5, 0.6) is 5.75 Å². The summed E-state index contributed by atoms with van der Waals surface area (Å²) in [6.45, 7) is 3.65. The van der Waals surface area contributed by atoms with Gasteiger partial charge >= 0.3 is 5.97 Å². The zero-order valence-corrected chi connectivity index (χ0v) is 7.26. The van der Waals surface area contributed by atoms with E-state index in [1.807, 2.05) is 19.1 Å². The lowest BCUT2D eigenvalue weighted by Crippen LogP contribution is -2.06. The van der Waals surface area contributed by atoms with Crippen LogP contribution in [0, 0.1) is 13.0 Å². The molecule has 1 radical (unpaired) electrons. The first kappa shape index (κ1) is 8.78. The summed E-state index contributed by atoms with van der Waals surface area (Å²) in [6.07, 6.45) is 0.391. The number of benzene rings is 1. The molecule has 0 aromatic heterocycles. The Morgan fingerprint density at radius 3 is 3.00 bits per heavy atom. The van der Waals surface area contributed by atoms with Crippen molar-refractivity contribution in [2.45, 2.75) is 20.3 Å². The molecule has 0 aliphatic carbocycles. The van der Waals surface area contributed by atoms with Crippen LogP contribution in [0.15, 0.2) is 18.2 Å². The van der Waals surface area contributed by atoms with E-state index in [1.165, 1.54) is 0 Å². The molecule has 0 heterocycles. The van der Waals surface area contributed by atoms with E-state index < -0.39 is 0 Å². The molecule has 0 bridgehead atoms. The molecule has 0 spiro atoms. The van der Waals surface area contributed by atoms with Crippen molar-refractivity contribution in [1.29, 1.82) is 0 Å². The van der Waals surface area contributed by atoms with Crippen molar-refractivity contribution in [3.8, 4) is 5.75 Å². The van der Waals surface area contributed by atoms with Crippen molar-refractivity contribution >= 4 is 5.97 Å². The topological polar surface area (TPSA) is 26.3 Å². The summed E-state index contributed by atoms with van der Waals surface area (Å²) in [7, 11) is 0. The highest BCUT2D eigenvalue weighted by atomic mass is 16.5. The van der Waals surface area contributed by atoms with Crippen LogP contribution in [-0.2, 0) is 4.79 Å². The second kappa shape index (κ2) is 3.90. The van der Waals surface area contributed by atoms with Crippen molar-refractivity contribution < 1.29 is 9.53 Å². The third-order valence-electron chi connectivity index (χ3n) is 1.52. The summed E-state index contributed by atoms with van der Waals surface area (Å²) >= 11 is 0. The highest BCUT2D eigenvalue weighted by Gasteiger charge is 2.02. The molecule has 1 rings (SSSR count). The van der Waals surface area contributed by atoms with Crippen LogP contribution in [0.1, 0.15) is 18.9 Å². The number of ether oxygens (including phenoxy) is 1. The van der Waals surface area contributed by atoms with E-state index in [0.717, 1.165) is 5.56 Å². The first-order valence-corrected chi connectivity index (χ1v) is 3.92. The molecular weight excluding hydrogens is 152 g/mol. The second-order valence-corrected chi connectivity index (χ2v) is 2.51. The van der Waals surface area contributed by atoms with E-state index in [1.54, 1.807) is 13.0 Å². The molecule has 0 amide bonds. The van der Waals surface area contributed by atoms with Crippen molar-refractivity contribution in [2.24, 2.45) is 0 Å². The van der Waals surface area contributed by atoms with Crippen LogP contribution in [0.2, 0.25) is 0 Å². The lowest BCUT2D eigenvalue weighted by Gasteiger charge is -2.03. The smallest absolute Gasteiger partial charge is 0.310 e. The molecule has 2 nitrogen and oxygen atoms in total. The standard InChI is InChI=1S/C10H11O2/c1-3-10(11)12-9-7-5-4-6-8(9)2/h4-6H,3H2,1-2H3. The molecule has 0 aliphatic heterocycles. The molecule has 0 atom stereocenters. The first-order chi connectivity index (χ1) is 5.74. The third kappa shape index (κ3) is 2.09. The highest BCUT2D eigenvalue weighted by molar-refractivity contribution is 5.72. The van der Waals surface area contributed by atoms with Gasteiger partial charge in [0.05, 0.1) is 0 Å². The maximum Gasteiger partial charge on any atom is 0.310 e. The number of carbonyl (C=O) groups excluding carboxylic acids is 1. The molecule has 63 valence electrons. The predicted molar refractivity (Wildman–Crippen MR) is 45.9 cm³/mol. The summed E-state index contributed by atoms with van der Waals surface area (Å²) in [6, 6.07) is 8.33. The first-order valence-electron chi connectivity index (χ1n) is 3.92. The van der Waals surface area contributed by atoms with E-state index in [4.69, 9.17) is 4.74 Å². The Hall–Kier alpha value is -1.31. The monoisotopic (exact) mass is 163 g/mol. The van der Waals surface area contributed by atoms with Crippen LogP contribution in [0.3, 0.4) is 0 Å². The van der Waals surface area contributed by atoms with Crippen molar-refractivity contribution in [2.75, 3.05) is 0 Å². The molecule has 0 aliphatic rings. The Morgan fingerprint density at radius 1 is 1.67 bits per heavy atom. The van der Waals surface area contributed by atoms with Gasteiger partial charge in [-0.2, -0.15) is 0 Å². The molecule has 1 aromatic rings. The van der Waals surface area contributed by atoms with Gasteiger partial charge in [-0.1, -0.05) is 25.1 Å². The van der Waals surface area contributed by atoms with Crippen molar-refractivity contribution in [3.63, 3.8) is 0 Å². The minimum absolute atomic E-state index is 0.222. The van der Waals surface area contributed by atoms with Crippen molar-refractivity contribution in [1.82, 2.24) is 0 Å². The van der Waals surface area contributed by atoms with Gasteiger partial charge in [0.1, 0.15) is 5.75 Å². The fourth-order valence-corrected chi connectivity index (χ4v) is 0.802. The average molecular weight is 163 g/mol. The summed E-state index contributed by atoms with van der Waals surface area (Å²) in [5.74, 6) is 0.310. The van der Waals surface area contributed by atoms with E-state index in [0.29, 0.717) is 12.2 Å². The zero-order valence-electron chi connectivity index (χ0n) is 7.26. The third-order valence-corrected chi connectivity index (χ3v) is 1.52. The Labute approximate surface area is 72.2 Å². The van der Waals surface area contributed by atoms with Crippen LogP contribution < -0.4 is 4.74 Å². The molecule has 0 saturated carbocycles. The van der Waals surface area contributed by atoms with Gasteiger partial charge in [-0.25, -0.2) is 0 Å². The maximum absolute atomic E-state index is 10.9. The normalized spacial score (nSPS) is 9.50. The van der Waals surface area contributed by atoms with Gasteiger partial charge in [0, 0.05) is 12.5 Å². The van der Waals surface area contributed by atoms with Gasteiger partial charge in [0.15, 0.2) is 0 Å². The SMILES string of the molecule is CCC(=O)Oc1[c]cccc1C. The minimum Gasteiger partial charge on any atom is -0.426 e. The Kier molecular flexibility index (Phi) is 2.86. The number of para-hydroxylation sites is 1. The lowest BCUT2D eigenvalue weighted by atomic mass is 10.2. The molecule has 2 heteroatoms. The fraction of sp³-hybridized carbons (Fsp3) is 0.300. The van der Waals surface area contributed by atoms with Gasteiger partial charge < -0.3 is 4.74 Å². The molecule has 0 unspecified atom stereocenters. The predicted octanol–water partition coefficient (Wildman–Crippen LogP) is 2.11. The van der Waals surface area contributed by atoms with Gasteiger partial charge in [-0.15, -0.1) is 0 Å². The van der Waals surface area contributed by atoms with Gasteiger partial charge in [-0.3, -0.25) is 4.79 Å². The number of esters is 1. The van der Waals surface area contributed by atoms with E-state index in [-0.39, 0.29) is 5.97 Å². The van der Waals surface area contributed by atoms with Gasteiger partial charge in [0.2, 0.25) is 0 Å². The number of aryl methyl sites for hydroxylation is 1. The number of hydrogen-bond acceptors (Lipinski definition) is 2. The van der Waals surface area contributed by atoms with Crippen LogP contribution >= 0.6 is 0 Å². The number of carbonyl (C=O) groups is 1. The van der Waals surface area contributed by atoms with E-state index in [9.17, 15) is 4.79 Å². The molecule has 1 aromatic carbocycles. The van der Waals surface area contributed by atoms with E-state index >= 15 is 0 Å². The Balaban J connectivity index is 2.75. The van der Waals surface area contributed by atoms with Crippen LogP contribution in [-0.4, -0.2) is 5.97 Å². The maximum atomic E-state index is 10.9. The average Bonchev–Trinajstić information content (AvgIpc) is 2.09. The molecule has 0 fully saturated rings. The number of rotatable bonds is 2. The quantitative estimate of drug-likeness (QED) is 0.493. The molecular formula is C10H11O2. The Bertz CT molecular complexity index is 279. The highest BCUT2D eigenvalue weighted by Crippen LogP contribution is 2.15. The molecule has 0 N–H and O–H groups in total. The molecule has 0 saturated heterocycles. The Morgan fingerprint density at radius 2 is 2.42 bits per heavy atom. The zero-order chi connectivity index (χ0) is 8.97. The van der Waals surface area contributed by atoms with E-state index in [2.05, 4.69) is 6.07 Å². The summed E-state index contributed by atoms with van der Waals surface area (Å²) < 4.78 is 5.00. The summed E-state index contributed by atoms with van der Waals surface area (Å²) in [5.41, 5.74) is 0.930. The van der Waals surface area contributed by atoms with Crippen molar-refractivity contribution in [3.05, 3.63) is 29.8 Å². The minimum atomic E-state index is -0.222. The van der Waals surface area contributed by atoms with Gasteiger partial charge in [0.25, 0.3) is 0 Å². The summed E-state index contributed by atoms with van der Waals surface area (Å²) in [4.78, 5) is 10.9. The summed E-state index contributed by atoms with van der Waals surface area (Å²) in [5, 5.41) is 0. The molecule has 12 heavy (non-hydrogen) atoms. The van der Waals surface area contributed by atoms with Gasteiger partial charge in [-0.05, 0) is 12.5 Å².